The Balaban J connectivity index is 1.28. The number of hydrogen-bond donors (Lipinski definition) is 5. The van der Waals surface area contributed by atoms with E-state index in [0.717, 1.165) is 32.2 Å². The summed E-state index contributed by atoms with van der Waals surface area (Å²) in [6.45, 7) is 3.49. The average Bonchev–Trinajstić information content (AvgIpc) is 3.28. The second-order valence-electron chi connectivity index (χ2n) is 8.30. The van der Waals surface area contributed by atoms with Crippen LogP contribution in [-0.2, 0) is 14.4 Å². The first-order chi connectivity index (χ1) is 12.6. The van der Waals surface area contributed by atoms with Gasteiger partial charge in [-0.1, -0.05) is 0 Å². The van der Waals surface area contributed by atoms with Gasteiger partial charge < -0.3 is 20.5 Å². The molecule has 0 aromatic carbocycles. The van der Waals surface area contributed by atoms with E-state index in [2.05, 4.69) is 21.4 Å². The lowest BCUT2D eigenvalue weighted by Gasteiger charge is -2.36. The van der Waals surface area contributed by atoms with Crippen LogP contribution in [0.3, 0.4) is 0 Å². The zero-order chi connectivity index (χ0) is 18.1. The molecule has 1 amide bonds. The molecule has 3 heterocycles. The zero-order valence-electron chi connectivity index (χ0n) is 15.4. The van der Waals surface area contributed by atoms with Crippen molar-refractivity contribution in [2.45, 2.75) is 69.6 Å². The van der Waals surface area contributed by atoms with Gasteiger partial charge in [-0.05, 0) is 51.5 Å². The molecule has 4 aliphatic rings. The largest absolute Gasteiger partial charge is 0.395 e. The average molecular weight is 368 g/mol. The van der Waals surface area contributed by atoms with Crippen LogP contribution in [0.4, 0.5) is 0 Å². The number of piperidine rings is 1. The molecule has 8 atom stereocenters. The highest BCUT2D eigenvalue weighted by Gasteiger charge is 2.45. The van der Waals surface area contributed by atoms with Gasteiger partial charge in [-0.3, -0.25) is 14.9 Å². The molecule has 0 spiro atoms. The van der Waals surface area contributed by atoms with E-state index in [0.29, 0.717) is 24.9 Å². The summed E-state index contributed by atoms with van der Waals surface area (Å²) in [4.78, 5) is 18.1. The van der Waals surface area contributed by atoms with Crippen molar-refractivity contribution in [3.05, 3.63) is 0 Å². The Kier molecular flexibility index (Phi) is 5.78. The van der Waals surface area contributed by atoms with E-state index in [4.69, 9.17) is 9.57 Å². The highest BCUT2D eigenvalue weighted by molar-refractivity contribution is 5.79. The maximum absolute atomic E-state index is 12.7. The van der Waals surface area contributed by atoms with Crippen LogP contribution in [0.15, 0.2) is 0 Å². The van der Waals surface area contributed by atoms with Crippen LogP contribution in [0.25, 0.3) is 0 Å². The lowest BCUT2D eigenvalue weighted by atomic mass is 9.76. The van der Waals surface area contributed by atoms with Crippen molar-refractivity contribution < 1.29 is 19.5 Å². The summed E-state index contributed by atoms with van der Waals surface area (Å²) < 4.78 is 6.05. The Labute approximate surface area is 154 Å². The van der Waals surface area contributed by atoms with E-state index in [1.165, 1.54) is 0 Å². The molecule has 5 N–H and O–H groups in total. The maximum atomic E-state index is 12.7. The number of ether oxygens (including phenoxy) is 1. The number of amides is 1. The smallest absolute Gasteiger partial charge is 0.223 e. The molecule has 0 bridgehead atoms. The van der Waals surface area contributed by atoms with Gasteiger partial charge in [-0.15, -0.1) is 0 Å². The summed E-state index contributed by atoms with van der Waals surface area (Å²) >= 11 is 0. The number of carbonyl (C=O) groups is 1. The van der Waals surface area contributed by atoms with Crippen molar-refractivity contribution in [2.75, 3.05) is 19.8 Å². The number of hydrogen-bond acceptors (Lipinski definition) is 7. The van der Waals surface area contributed by atoms with E-state index in [-0.39, 0.29) is 49.0 Å². The van der Waals surface area contributed by atoms with Crippen LogP contribution in [0, 0.1) is 17.8 Å². The topological polar surface area (TPSA) is 104 Å². The van der Waals surface area contributed by atoms with Gasteiger partial charge in [-0.25, -0.2) is 0 Å². The molecule has 0 aromatic rings. The molecule has 8 heteroatoms. The lowest BCUT2D eigenvalue weighted by molar-refractivity contribution is -0.127. The molecule has 3 aliphatic heterocycles. The monoisotopic (exact) mass is 368 g/mol. The lowest BCUT2D eigenvalue weighted by Crippen LogP contribution is -2.50. The maximum Gasteiger partial charge on any atom is 0.223 e. The Bertz CT molecular complexity index is 508. The SMILES string of the molecule is CC1NC(C2CCC3C(C2)OC[C@H]3NC(=O)C2CCNC(CO)C2)NO1. The molecule has 0 radical (unpaired) electrons. The fourth-order valence-electron chi connectivity index (χ4n) is 5.05. The van der Waals surface area contributed by atoms with Crippen LogP contribution in [0.5, 0.6) is 0 Å². The Morgan fingerprint density at radius 1 is 1.27 bits per heavy atom. The van der Waals surface area contributed by atoms with Crippen molar-refractivity contribution in [1.29, 1.82) is 0 Å². The van der Waals surface area contributed by atoms with Crippen LogP contribution in [0.1, 0.15) is 39.0 Å². The minimum absolute atomic E-state index is 0.00526. The normalized spacial score (nSPS) is 46.1. The summed E-state index contributed by atoms with van der Waals surface area (Å²) in [5.41, 5.74) is 3.09. The molecule has 0 aromatic heterocycles. The van der Waals surface area contributed by atoms with Gasteiger partial charge >= 0.3 is 0 Å². The van der Waals surface area contributed by atoms with Crippen molar-refractivity contribution in [1.82, 2.24) is 21.4 Å². The molecule has 1 aliphatic carbocycles. The van der Waals surface area contributed by atoms with Gasteiger partial charge in [0, 0.05) is 17.9 Å². The quantitative estimate of drug-likeness (QED) is 0.453. The number of carbonyl (C=O) groups excluding carboxylic acids is 1. The third kappa shape index (κ3) is 3.90. The molecular formula is C18H32N4O4. The Morgan fingerprint density at radius 3 is 2.92 bits per heavy atom. The third-order valence-corrected chi connectivity index (χ3v) is 6.56. The first kappa shape index (κ1) is 18.6. The molecule has 4 rings (SSSR count). The van der Waals surface area contributed by atoms with Crippen molar-refractivity contribution in [3.8, 4) is 0 Å². The van der Waals surface area contributed by atoms with Gasteiger partial charge in [0.1, 0.15) is 6.23 Å². The number of nitrogens with one attached hydrogen (secondary N) is 4. The van der Waals surface area contributed by atoms with Gasteiger partial charge in [-0.2, -0.15) is 5.48 Å². The summed E-state index contributed by atoms with van der Waals surface area (Å²) in [7, 11) is 0. The predicted molar refractivity (Wildman–Crippen MR) is 94.7 cm³/mol. The number of hydroxylamine groups is 1. The van der Waals surface area contributed by atoms with Gasteiger partial charge in [0.15, 0.2) is 0 Å². The molecule has 148 valence electrons. The summed E-state index contributed by atoms with van der Waals surface area (Å²) in [6.07, 6.45) is 5.18. The van der Waals surface area contributed by atoms with Crippen molar-refractivity contribution in [2.24, 2.45) is 17.8 Å². The summed E-state index contributed by atoms with van der Waals surface area (Å²) in [5.74, 6) is 1.02. The summed E-state index contributed by atoms with van der Waals surface area (Å²) in [6, 6.07) is 0.161. The number of aliphatic hydroxyl groups is 1. The number of fused-ring (bicyclic) bond motifs is 1. The van der Waals surface area contributed by atoms with Crippen molar-refractivity contribution >= 4 is 5.91 Å². The molecule has 8 nitrogen and oxygen atoms in total. The fourth-order valence-corrected chi connectivity index (χ4v) is 5.05. The minimum Gasteiger partial charge on any atom is -0.395 e. The van der Waals surface area contributed by atoms with Gasteiger partial charge in [0.2, 0.25) is 5.91 Å². The number of rotatable bonds is 4. The molecule has 7 unspecified atom stereocenters. The van der Waals surface area contributed by atoms with E-state index in [1.54, 1.807) is 0 Å². The van der Waals surface area contributed by atoms with E-state index >= 15 is 0 Å². The standard InChI is InChI=1S/C18H32N4O4/c1-10-20-17(22-26-10)11-2-3-14-15(9-25-16(14)7-11)21-18(24)12-4-5-19-13(6-12)8-23/h10-17,19-20,22-23H,2-9H2,1H3,(H,21,24)/t10?,11?,12?,13?,14?,15-,16?,17?/m1/s1. The van der Waals surface area contributed by atoms with E-state index in [1.807, 2.05) is 6.92 Å². The van der Waals surface area contributed by atoms with Gasteiger partial charge in [0.25, 0.3) is 0 Å². The highest BCUT2D eigenvalue weighted by atomic mass is 16.7. The second-order valence-corrected chi connectivity index (χ2v) is 8.30. The summed E-state index contributed by atoms with van der Waals surface area (Å²) in [5, 5.41) is 19.2. The predicted octanol–water partition coefficient (Wildman–Crippen LogP) is -0.557. The number of aliphatic hydroxyl groups excluding tert-OH is 1. The molecular weight excluding hydrogens is 336 g/mol. The van der Waals surface area contributed by atoms with Crippen LogP contribution >= 0.6 is 0 Å². The molecule has 26 heavy (non-hydrogen) atoms. The van der Waals surface area contributed by atoms with E-state index < -0.39 is 0 Å². The van der Waals surface area contributed by atoms with Crippen LogP contribution in [-0.4, -0.2) is 61.4 Å². The minimum atomic E-state index is -0.00526. The highest BCUT2D eigenvalue weighted by Crippen LogP contribution is 2.39. The second kappa shape index (κ2) is 8.08. The Morgan fingerprint density at radius 2 is 2.15 bits per heavy atom. The van der Waals surface area contributed by atoms with Crippen LogP contribution < -0.4 is 21.4 Å². The zero-order valence-corrected chi connectivity index (χ0v) is 15.4. The van der Waals surface area contributed by atoms with Crippen LogP contribution in [0.2, 0.25) is 0 Å². The molecule has 1 saturated carbocycles. The van der Waals surface area contributed by atoms with E-state index in [9.17, 15) is 9.90 Å². The van der Waals surface area contributed by atoms with Crippen molar-refractivity contribution in [3.63, 3.8) is 0 Å². The first-order valence-corrected chi connectivity index (χ1v) is 10.1. The third-order valence-electron chi connectivity index (χ3n) is 6.56. The molecule has 3 saturated heterocycles. The fraction of sp³-hybridized carbons (Fsp3) is 0.944. The van der Waals surface area contributed by atoms with Gasteiger partial charge in [0.05, 0.1) is 31.5 Å². The molecule has 4 fully saturated rings. The Hall–Kier alpha value is -0.770. The first-order valence-electron chi connectivity index (χ1n) is 10.1.